The van der Waals surface area contributed by atoms with Crippen LogP contribution in [0.3, 0.4) is 0 Å². The summed E-state index contributed by atoms with van der Waals surface area (Å²) in [6.45, 7) is -0.0941. The van der Waals surface area contributed by atoms with Crippen LogP contribution in [-0.4, -0.2) is 57.5 Å². The van der Waals surface area contributed by atoms with Gasteiger partial charge in [-0.15, -0.1) is 0 Å². The molecule has 1 fully saturated rings. The second-order valence-electron chi connectivity index (χ2n) is 4.33. The number of nitrogens with one attached hydrogen (secondary N) is 1. The summed E-state index contributed by atoms with van der Waals surface area (Å²) in [6.07, 6.45) is -4.55. The lowest BCUT2D eigenvalue weighted by Gasteiger charge is -2.35. The standard InChI is InChI=1S/C12H15NO6/c14-8-5-19-11(10(16)9(8)15)13-7-3-1-6(2-4-7)12(17)18/h1-4,8-11,13-16H,5H2,(H,17,18)/t8-,9+,10-,11?/m0/s1. The van der Waals surface area contributed by atoms with Gasteiger partial charge in [-0.3, -0.25) is 0 Å². The minimum Gasteiger partial charge on any atom is -0.478 e. The molecule has 1 saturated heterocycles. The summed E-state index contributed by atoms with van der Waals surface area (Å²) in [5.74, 6) is -1.03. The first-order chi connectivity index (χ1) is 8.99. The highest BCUT2D eigenvalue weighted by atomic mass is 16.5. The predicted octanol–water partition coefficient (Wildman–Crippen LogP) is -0.764. The smallest absolute Gasteiger partial charge is 0.335 e. The van der Waals surface area contributed by atoms with E-state index in [1.54, 1.807) is 0 Å². The van der Waals surface area contributed by atoms with Gasteiger partial charge in [0.25, 0.3) is 0 Å². The van der Waals surface area contributed by atoms with Crippen LogP contribution >= 0.6 is 0 Å². The Labute approximate surface area is 109 Å². The van der Waals surface area contributed by atoms with E-state index in [2.05, 4.69) is 5.32 Å². The van der Waals surface area contributed by atoms with E-state index >= 15 is 0 Å². The summed E-state index contributed by atoms with van der Waals surface area (Å²) in [4.78, 5) is 10.7. The van der Waals surface area contributed by atoms with Gasteiger partial charge < -0.3 is 30.5 Å². The summed E-state index contributed by atoms with van der Waals surface area (Å²) in [7, 11) is 0. The molecule has 1 aliphatic rings. The van der Waals surface area contributed by atoms with Crippen molar-refractivity contribution in [3.63, 3.8) is 0 Å². The first kappa shape index (κ1) is 13.8. The van der Waals surface area contributed by atoms with Crippen molar-refractivity contribution in [1.82, 2.24) is 0 Å². The number of aromatic carboxylic acids is 1. The van der Waals surface area contributed by atoms with E-state index in [4.69, 9.17) is 9.84 Å². The lowest BCUT2D eigenvalue weighted by molar-refractivity contribution is -0.178. The third kappa shape index (κ3) is 3.02. The van der Waals surface area contributed by atoms with Crippen molar-refractivity contribution in [3.8, 4) is 0 Å². The van der Waals surface area contributed by atoms with Gasteiger partial charge in [-0.1, -0.05) is 0 Å². The van der Waals surface area contributed by atoms with Gasteiger partial charge in [0.2, 0.25) is 0 Å². The van der Waals surface area contributed by atoms with Gasteiger partial charge in [0.15, 0.2) is 6.23 Å². The molecule has 0 amide bonds. The van der Waals surface area contributed by atoms with Gasteiger partial charge in [-0.2, -0.15) is 0 Å². The molecule has 4 atom stereocenters. The molecular formula is C12H15NO6. The summed E-state index contributed by atoms with van der Waals surface area (Å²) >= 11 is 0. The number of ether oxygens (including phenoxy) is 1. The lowest BCUT2D eigenvalue weighted by atomic mass is 10.0. The number of anilines is 1. The average Bonchev–Trinajstić information content (AvgIpc) is 2.40. The van der Waals surface area contributed by atoms with Gasteiger partial charge in [0.05, 0.1) is 12.2 Å². The van der Waals surface area contributed by atoms with E-state index in [0.717, 1.165) is 0 Å². The Hall–Kier alpha value is -1.67. The molecule has 0 bridgehead atoms. The molecule has 1 unspecified atom stereocenters. The molecule has 0 aliphatic carbocycles. The van der Waals surface area contributed by atoms with Crippen LogP contribution in [0.15, 0.2) is 24.3 Å². The Morgan fingerprint density at radius 2 is 1.79 bits per heavy atom. The fourth-order valence-corrected chi connectivity index (χ4v) is 1.81. The molecule has 5 N–H and O–H groups in total. The highest BCUT2D eigenvalue weighted by Gasteiger charge is 2.37. The Morgan fingerprint density at radius 3 is 2.37 bits per heavy atom. The third-order valence-corrected chi connectivity index (χ3v) is 2.94. The molecule has 1 aliphatic heterocycles. The maximum absolute atomic E-state index is 10.7. The normalized spacial score (nSPS) is 30.9. The quantitative estimate of drug-likeness (QED) is 0.489. The van der Waals surface area contributed by atoms with Crippen LogP contribution in [0.2, 0.25) is 0 Å². The van der Waals surface area contributed by atoms with Crippen LogP contribution in [-0.2, 0) is 4.74 Å². The van der Waals surface area contributed by atoms with Gasteiger partial charge in [-0.05, 0) is 24.3 Å². The van der Waals surface area contributed by atoms with Crippen molar-refractivity contribution in [3.05, 3.63) is 29.8 Å². The van der Waals surface area contributed by atoms with Crippen molar-refractivity contribution in [2.75, 3.05) is 11.9 Å². The molecule has 1 aromatic carbocycles. The molecule has 0 aromatic heterocycles. The summed E-state index contributed by atoms with van der Waals surface area (Å²) in [6, 6.07) is 5.87. The average molecular weight is 269 g/mol. The van der Waals surface area contributed by atoms with E-state index in [9.17, 15) is 20.1 Å². The Kier molecular flexibility index (Phi) is 4.01. The van der Waals surface area contributed by atoms with Gasteiger partial charge in [-0.25, -0.2) is 4.79 Å². The molecule has 19 heavy (non-hydrogen) atoms. The van der Waals surface area contributed by atoms with E-state index in [-0.39, 0.29) is 12.2 Å². The fourth-order valence-electron chi connectivity index (χ4n) is 1.81. The second-order valence-corrected chi connectivity index (χ2v) is 4.33. The zero-order valence-corrected chi connectivity index (χ0v) is 9.93. The van der Waals surface area contributed by atoms with Gasteiger partial charge in [0.1, 0.15) is 18.3 Å². The minimum atomic E-state index is -1.29. The van der Waals surface area contributed by atoms with Crippen LogP contribution in [0.4, 0.5) is 5.69 Å². The number of carbonyl (C=O) groups is 1. The molecule has 104 valence electrons. The van der Waals surface area contributed by atoms with Crippen molar-refractivity contribution in [1.29, 1.82) is 0 Å². The molecule has 0 spiro atoms. The Morgan fingerprint density at radius 1 is 1.16 bits per heavy atom. The molecule has 2 rings (SSSR count). The predicted molar refractivity (Wildman–Crippen MR) is 64.8 cm³/mol. The molecule has 7 heteroatoms. The second kappa shape index (κ2) is 5.54. The highest BCUT2D eigenvalue weighted by molar-refractivity contribution is 5.87. The number of benzene rings is 1. The van der Waals surface area contributed by atoms with E-state index in [1.807, 2.05) is 0 Å². The molecule has 0 saturated carbocycles. The minimum absolute atomic E-state index is 0.0941. The van der Waals surface area contributed by atoms with Crippen molar-refractivity contribution in [2.24, 2.45) is 0 Å². The number of rotatable bonds is 3. The number of carboxylic acid groups (broad SMARTS) is 1. The van der Waals surface area contributed by atoms with Crippen LogP contribution in [0, 0.1) is 0 Å². The van der Waals surface area contributed by atoms with Crippen molar-refractivity contribution in [2.45, 2.75) is 24.5 Å². The molecular weight excluding hydrogens is 254 g/mol. The third-order valence-electron chi connectivity index (χ3n) is 2.94. The van der Waals surface area contributed by atoms with Gasteiger partial charge >= 0.3 is 5.97 Å². The number of aliphatic hydroxyl groups excluding tert-OH is 3. The summed E-state index contributed by atoms with van der Waals surface area (Å²) in [5.41, 5.74) is 0.684. The molecule has 1 aromatic rings. The monoisotopic (exact) mass is 269 g/mol. The van der Waals surface area contributed by atoms with Crippen molar-refractivity contribution < 1.29 is 30.0 Å². The number of hydrogen-bond donors (Lipinski definition) is 5. The van der Waals surface area contributed by atoms with Crippen LogP contribution in [0.5, 0.6) is 0 Å². The molecule has 7 nitrogen and oxygen atoms in total. The van der Waals surface area contributed by atoms with Crippen LogP contribution < -0.4 is 5.32 Å². The van der Waals surface area contributed by atoms with Crippen molar-refractivity contribution >= 4 is 11.7 Å². The number of hydrogen-bond acceptors (Lipinski definition) is 6. The number of aliphatic hydroxyl groups is 3. The topological polar surface area (TPSA) is 119 Å². The highest BCUT2D eigenvalue weighted by Crippen LogP contribution is 2.19. The number of carboxylic acids is 1. The lowest BCUT2D eigenvalue weighted by Crippen LogP contribution is -2.55. The zero-order chi connectivity index (χ0) is 14.0. The van der Waals surface area contributed by atoms with Crippen LogP contribution in [0.25, 0.3) is 0 Å². The van der Waals surface area contributed by atoms with E-state index in [0.29, 0.717) is 5.69 Å². The SMILES string of the molecule is O=C(O)c1ccc(NC2OC[C@H](O)[C@@H](O)[C@@H]2O)cc1. The zero-order valence-electron chi connectivity index (χ0n) is 9.93. The molecule has 1 heterocycles. The maximum Gasteiger partial charge on any atom is 0.335 e. The van der Waals surface area contributed by atoms with Gasteiger partial charge in [0, 0.05) is 5.69 Å². The Balaban J connectivity index is 2.03. The summed E-state index contributed by atoms with van der Waals surface area (Å²) in [5, 5.41) is 40.1. The fraction of sp³-hybridized carbons (Fsp3) is 0.417. The summed E-state index contributed by atoms with van der Waals surface area (Å²) < 4.78 is 5.17. The molecule has 0 radical (unpaired) electrons. The van der Waals surface area contributed by atoms with E-state index < -0.39 is 30.5 Å². The Bertz CT molecular complexity index is 448. The largest absolute Gasteiger partial charge is 0.478 e. The van der Waals surface area contributed by atoms with E-state index in [1.165, 1.54) is 24.3 Å². The first-order valence-electron chi connectivity index (χ1n) is 5.74. The van der Waals surface area contributed by atoms with Crippen LogP contribution in [0.1, 0.15) is 10.4 Å². The first-order valence-corrected chi connectivity index (χ1v) is 5.74. The maximum atomic E-state index is 10.7.